The van der Waals surface area contributed by atoms with Crippen LogP contribution in [0, 0.1) is 5.92 Å². The monoisotopic (exact) mass is 292 g/mol. The van der Waals surface area contributed by atoms with Crippen molar-refractivity contribution in [3.63, 3.8) is 0 Å². The summed E-state index contributed by atoms with van der Waals surface area (Å²) in [7, 11) is 0. The van der Waals surface area contributed by atoms with Crippen molar-refractivity contribution < 1.29 is 14.7 Å². The van der Waals surface area contributed by atoms with Gasteiger partial charge in [0, 0.05) is 12.2 Å². The molecule has 0 saturated carbocycles. The molecule has 0 aliphatic heterocycles. The normalized spacial score (nSPS) is 12.0. The van der Waals surface area contributed by atoms with Crippen molar-refractivity contribution in [3.05, 3.63) is 29.8 Å². The second-order valence-electron chi connectivity index (χ2n) is 5.44. The van der Waals surface area contributed by atoms with Crippen LogP contribution in [0.3, 0.4) is 0 Å². The molecule has 0 bridgehead atoms. The molecule has 0 radical (unpaired) electrons. The van der Waals surface area contributed by atoms with E-state index in [4.69, 9.17) is 5.11 Å². The van der Waals surface area contributed by atoms with E-state index in [2.05, 4.69) is 24.5 Å². The minimum Gasteiger partial charge on any atom is -0.481 e. The molecule has 0 aromatic heterocycles. The average Bonchev–Trinajstić information content (AvgIpc) is 2.43. The molecule has 1 aromatic carbocycles. The van der Waals surface area contributed by atoms with E-state index in [0.717, 1.165) is 12.0 Å². The number of amides is 2. The van der Waals surface area contributed by atoms with Crippen LogP contribution in [0.5, 0.6) is 0 Å². The zero-order valence-corrected chi connectivity index (χ0v) is 12.8. The molecule has 21 heavy (non-hydrogen) atoms. The van der Waals surface area contributed by atoms with Crippen molar-refractivity contribution in [2.75, 3.05) is 11.9 Å². The van der Waals surface area contributed by atoms with Crippen molar-refractivity contribution in [1.29, 1.82) is 0 Å². The van der Waals surface area contributed by atoms with E-state index in [1.165, 1.54) is 0 Å². The number of rotatable bonds is 7. The van der Waals surface area contributed by atoms with Crippen molar-refractivity contribution in [2.24, 2.45) is 5.92 Å². The summed E-state index contributed by atoms with van der Waals surface area (Å²) >= 11 is 0. The molecule has 0 aliphatic rings. The van der Waals surface area contributed by atoms with Gasteiger partial charge in [-0.1, -0.05) is 39.3 Å². The molecular formula is C16H24N2O3. The summed E-state index contributed by atoms with van der Waals surface area (Å²) in [6, 6.07) is 7.26. The first-order chi connectivity index (χ1) is 9.93. The van der Waals surface area contributed by atoms with Gasteiger partial charge in [-0.2, -0.15) is 0 Å². The number of carboxylic acid groups (broad SMARTS) is 1. The van der Waals surface area contributed by atoms with E-state index in [1.54, 1.807) is 0 Å². The van der Waals surface area contributed by atoms with Gasteiger partial charge in [0.15, 0.2) is 0 Å². The van der Waals surface area contributed by atoms with E-state index >= 15 is 0 Å². The van der Waals surface area contributed by atoms with Gasteiger partial charge in [-0.3, -0.25) is 4.79 Å². The van der Waals surface area contributed by atoms with Gasteiger partial charge >= 0.3 is 12.0 Å². The molecule has 3 N–H and O–H groups in total. The van der Waals surface area contributed by atoms with Crippen LogP contribution in [-0.2, 0) is 4.79 Å². The van der Waals surface area contributed by atoms with Crippen LogP contribution in [0.2, 0.25) is 0 Å². The van der Waals surface area contributed by atoms with E-state index in [9.17, 15) is 9.59 Å². The molecule has 1 aromatic rings. The number of benzene rings is 1. The maximum atomic E-state index is 11.8. The molecule has 1 rings (SSSR count). The Morgan fingerprint density at radius 3 is 2.57 bits per heavy atom. The third-order valence-electron chi connectivity index (χ3n) is 3.31. The third kappa shape index (κ3) is 5.85. The Hall–Kier alpha value is -2.04. The molecule has 2 amide bonds. The Bertz CT molecular complexity index is 486. The number of carbonyl (C=O) groups excluding carboxylic acids is 1. The summed E-state index contributed by atoms with van der Waals surface area (Å²) in [5.74, 6) is -1.03. The number of anilines is 1. The number of carboxylic acids is 1. The Morgan fingerprint density at radius 1 is 1.29 bits per heavy atom. The number of nitrogens with one attached hydrogen (secondary N) is 2. The van der Waals surface area contributed by atoms with Crippen molar-refractivity contribution in [1.82, 2.24) is 5.32 Å². The Labute approximate surface area is 125 Å². The lowest BCUT2D eigenvalue weighted by Crippen LogP contribution is -2.35. The second kappa shape index (κ2) is 8.29. The second-order valence-corrected chi connectivity index (χ2v) is 5.44. The van der Waals surface area contributed by atoms with Crippen LogP contribution in [0.15, 0.2) is 24.3 Å². The number of hydrogen-bond acceptors (Lipinski definition) is 2. The molecule has 0 saturated heterocycles. The van der Waals surface area contributed by atoms with Gasteiger partial charge in [0.2, 0.25) is 0 Å². The predicted molar refractivity (Wildman–Crippen MR) is 83.6 cm³/mol. The van der Waals surface area contributed by atoms with Crippen LogP contribution in [-0.4, -0.2) is 23.7 Å². The summed E-state index contributed by atoms with van der Waals surface area (Å²) < 4.78 is 0. The molecule has 0 heterocycles. The standard InChI is InChI=1S/C16H24N2O3/c1-4-6-13(15(19)20)10-17-16(21)18-14-8-5-7-12(9-14)11(2)3/h5,7-9,11,13H,4,6,10H2,1-3H3,(H,19,20)(H2,17,18,21). The number of urea groups is 1. The largest absolute Gasteiger partial charge is 0.481 e. The first-order valence-electron chi connectivity index (χ1n) is 7.31. The maximum Gasteiger partial charge on any atom is 0.319 e. The van der Waals surface area contributed by atoms with Crippen molar-refractivity contribution >= 4 is 17.7 Å². The molecule has 0 aliphatic carbocycles. The van der Waals surface area contributed by atoms with Gasteiger partial charge in [-0.05, 0) is 30.0 Å². The third-order valence-corrected chi connectivity index (χ3v) is 3.31. The number of hydrogen-bond donors (Lipinski definition) is 3. The highest BCUT2D eigenvalue weighted by atomic mass is 16.4. The fourth-order valence-corrected chi connectivity index (χ4v) is 2.03. The first kappa shape index (κ1) is 17.0. The Morgan fingerprint density at radius 2 is 2.00 bits per heavy atom. The van der Waals surface area contributed by atoms with E-state index < -0.39 is 11.9 Å². The van der Waals surface area contributed by atoms with Gasteiger partial charge < -0.3 is 15.7 Å². The Kier molecular flexibility index (Phi) is 6.72. The highest BCUT2D eigenvalue weighted by Crippen LogP contribution is 2.18. The highest BCUT2D eigenvalue weighted by Gasteiger charge is 2.17. The van der Waals surface area contributed by atoms with Gasteiger partial charge in [0.05, 0.1) is 5.92 Å². The lowest BCUT2D eigenvalue weighted by atomic mass is 10.0. The minimum atomic E-state index is -0.876. The van der Waals surface area contributed by atoms with Crippen LogP contribution in [0.1, 0.15) is 45.1 Å². The molecule has 5 nitrogen and oxygen atoms in total. The molecular weight excluding hydrogens is 268 g/mol. The summed E-state index contributed by atoms with van der Waals surface area (Å²) in [5.41, 5.74) is 1.85. The van der Waals surface area contributed by atoms with Gasteiger partial charge in [0.1, 0.15) is 0 Å². The van der Waals surface area contributed by atoms with Gasteiger partial charge in [0.25, 0.3) is 0 Å². The molecule has 0 fully saturated rings. The van der Waals surface area contributed by atoms with E-state index in [1.807, 2.05) is 31.2 Å². The van der Waals surface area contributed by atoms with Gasteiger partial charge in [-0.15, -0.1) is 0 Å². The van der Waals surface area contributed by atoms with Gasteiger partial charge in [-0.25, -0.2) is 4.79 Å². The van der Waals surface area contributed by atoms with Crippen LogP contribution < -0.4 is 10.6 Å². The fourth-order valence-electron chi connectivity index (χ4n) is 2.03. The summed E-state index contributed by atoms with van der Waals surface area (Å²) in [6.45, 7) is 6.23. The smallest absolute Gasteiger partial charge is 0.319 e. The first-order valence-corrected chi connectivity index (χ1v) is 7.31. The molecule has 116 valence electrons. The quantitative estimate of drug-likeness (QED) is 0.720. The number of aliphatic carboxylic acids is 1. The molecule has 1 atom stereocenters. The molecule has 0 spiro atoms. The van der Waals surface area contributed by atoms with Crippen LogP contribution >= 0.6 is 0 Å². The minimum absolute atomic E-state index is 0.138. The highest BCUT2D eigenvalue weighted by molar-refractivity contribution is 5.89. The zero-order chi connectivity index (χ0) is 15.8. The van der Waals surface area contributed by atoms with Crippen molar-refractivity contribution in [2.45, 2.75) is 39.5 Å². The topological polar surface area (TPSA) is 78.4 Å². The van der Waals surface area contributed by atoms with E-state index in [0.29, 0.717) is 18.0 Å². The summed E-state index contributed by atoms with van der Waals surface area (Å²) in [5, 5.41) is 14.4. The van der Waals surface area contributed by atoms with Crippen molar-refractivity contribution in [3.8, 4) is 0 Å². The molecule has 5 heteroatoms. The maximum absolute atomic E-state index is 11.8. The lowest BCUT2D eigenvalue weighted by molar-refractivity contribution is -0.141. The molecule has 1 unspecified atom stereocenters. The summed E-state index contributed by atoms with van der Waals surface area (Å²) in [6.07, 6.45) is 1.33. The number of carbonyl (C=O) groups is 2. The summed E-state index contributed by atoms with van der Waals surface area (Å²) in [4.78, 5) is 22.8. The fraction of sp³-hybridized carbons (Fsp3) is 0.500. The lowest BCUT2D eigenvalue weighted by Gasteiger charge is -2.14. The van der Waals surface area contributed by atoms with Crippen LogP contribution in [0.25, 0.3) is 0 Å². The Balaban J connectivity index is 2.53. The average molecular weight is 292 g/mol. The van der Waals surface area contributed by atoms with Crippen LogP contribution in [0.4, 0.5) is 10.5 Å². The SMILES string of the molecule is CCCC(CNC(=O)Nc1cccc(C(C)C)c1)C(=O)O. The zero-order valence-electron chi connectivity index (χ0n) is 12.8. The van der Waals surface area contributed by atoms with E-state index in [-0.39, 0.29) is 12.6 Å². The predicted octanol–water partition coefficient (Wildman–Crippen LogP) is 3.43.